The van der Waals surface area contributed by atoms with Crippen LogP contribution in [-0.4, -0.2) is 21.9 Å². The van der Waals surface area contributed by atoms with E-state index in [0.717, 1.165) is 29.7 Å². The van der Waals surface area contributed by atoms with E-state index in [2.05, 4.69) is 30.9 Å². The van der Waals surface area contributed by atoms with Gasteiger partial charge in [-0.25, -0.2) is 4.79 Å². The lowest BCUT2D eigenvalue weighted by atomic mass is 9.99. The Morgan fingerprint density at radius 3 is 1.82 bits per heavy atom. The summed E-state index contributed by atoms with van der Waals surface area (Å²) in [6, 6.07) is 19.1. The molecule has 3 aromatic rings. The van der Waals surface area contributed by atoms with E-state index in [-0.39, 0.29) is 6.54 Å². The zero-order valence-corrected chi connectivity index (χ0v) is 22.8. The van der Waals surface area contributed by atoms with Crippen molar-refractivity contribution < 1.29 is 27.9 Å². The molecule has 4 nitrogen and oxygen atoms in total. The number of halogens is 3. The molecule has 0 fully saturated rings. The van der Waals surface area contributed by atoms with Crippen LogP contribution in [0.2, 0.25) is 0 Å². The molecular formula is C33H34F3NO3. The molecule has 3 aromatic carbocycles. The summed E-state index contributed by atoms with van der Waals surface area (Å²) in [5, 5.41) is 9.42. The highest BCUT2D eigenvalue weighted by Crippen LogP contribution is 2.32. The molecule has 0 aliphatic carbocycles. The summed E-state index contributed by atoms with van der Waals surface area (Å²) < 4.78 is 39.0. The van der Waals surface area contributed by atoms with Crippen molar-refractivity contribution in [3.63, 3.8) is 0 Å². The summed E-state index contributed by atoms with van der Waals surface area (Å²) >= 11 is 0. The van der Waals surface area contributed by atoms with Crippen LogP contribution in [0.4, 0.5) is 13.2 Å². The van der Waals surface area contributed by atoms with E-state index in [1.165, 1.54) is 48.3 Å². The number of aryl methyl sites for hydroxylation is 1. The van der Waals surface area contributed by atoms with Crippen molar-refractivity contribution in [1.29, 1.82) is 0 Å². The number of amides is 1. The van der Waals surface area contributed by atoms with Gasteiger partial charge in [-0.05, 0) is 72.4 Å². The number of carbonyl (C=O) groups excluding carboxylic acids is 1. The van der Waals surface area contributed by atoms with Gasteiger partial charge >= 0.3 is 18.1 Å². The summed E-state index contributed by atoms with van der Waals surface area (Å²) in [6.45, 7) is 3.94. The van der Waals surface area contributed by atoms with Crippen molar-refractivity contribution in [2.45, 2.75) is 71.1 Å². The van der Waals surface area contributed by atoms with Gasteiger partial charge in [0, 0.05) is 17.7 Å². The Morgan fingerprint density at radius 2 is 1.35 bits per heavy atom. The summed E-state index contributed by atoms with van der Waals surface area (Å²) in [5.74, 6) is 3.53. The first-order chi connectivity index (χ1) is 19.1. The fourth-order valence-electron chi connectivity index (χ4n) is 4.52. The number of carboxylic acids is 1. The second kappa shape index (κ2) is 14.4. The van der Waals surface area contributed by atoms with Crippen LogP contribution in [0.25, 0.3) is 0 Å². The standard InChI is InChI=1S/C33H34F3NO3/c1-3-5-6-7-8-24-9-11-25(12-10-24)13-14-26-15-17-27(18-16-26)23-37(31(38)32(39)40)30(4-2)28-19-21-29(22-20-28)33(34,35)36/h9-12,15-22,30H,3-8,23H2,1-2H3,(H,39,40). The van der Waals surface area contributed by atoms with E-state index in [9.17, 15) is 27.9 Å². The van der Waals surface area contributed by atoms with Gasteiger partial charge in [-0.2, -0.15) is 13.2 Å². The summed E-state index contributed by atoms with van der Waals surface area (Å²) in [5.41, 5.74) is 3.27. The number of carbonyl (C=O) groups is 2. The molecule has 0 heterocycles. The zero-order valence-electron chi connectivity index (χ0n) is 22.8. The average molecular weight is 550 g/mol. The van der Waals surface area contributed by atoms with Crippen LogP contribution in [0.15, 0.2) is 72.8 Å². The Labute approximate surface area is 233 Å². The van der Waals surface area contributed by atoms with Gasteiger partial charge < -0.3 is 10.0 Å². The molecule has 0 aromatic heterocycles. The monoisotopic (exact) mass is 549 g/mol. The molecule has 0 radical (unpaired) electrons. The highest BCUT2D eigenvalue weighted by atomic mass is 19.4. The minimum Gasteiger partial charge on any atom is -0.474 e. The normalized spacial score (nSPS) is 11.8. The van der Waals surface area contributed by atoms with Crippen molar-refractivity contribution >= 4 is 11.9 Å². The van der Waals surface area contributed by atoms with Gasteiger partial charge in [0.1, 0.15) is 0 Å². The quantitative estimate of drug-likeness (QED) is 0.160. The van der Waals surface area contributed by atoms with Crippen molar-refractivity contribution in [1.82, 2.24) is 4.90 Å². The fraction of sp³-hybridized carbons (Fsp3) is 0.333. The Hall–Kier alpha value is -4.05. The molecule has 1 atom stereocenters. The maximum atomic E-state index is 13.0. The molecular weight excluding hydrogens is 515 g/mol. The first kappa shape index (κ1) is 30.5. The van der Waals surface area contributed by atoms with Gasteiger partial charge in [-0.1, -0.05) is 81.3 Å². The van der Waals surface area contributed by atoms with Crippen molar-refractivity contribution in [2.24, 2.45) is 0 Å². The first-order valence-corrected chi connectivity index (χ1v) is 13.5. The molecule has 40 heavy (non-hydrogen) atoms. The van der Waals surface area contributed by atoms with Gasteiger partial charge in [0.2, 0.25) is 0 Å². The molecule has 210 valence electrons. The third-order valence-corrected chi connectivity index (χ3v) is 6.76. The first-order valence-electron chi connectivity index (χ1n) is 13.5. The van der Waals surface area contributed by atoms with Crippen molar-refractivity contribution in [2.75, 3.05) is 0 Å². The van der Waals surface area contributed by atoms with Crippen LogP contribution >= 0.6 is 0 Å². The highest BCUT2D eigenvalue weighted by Gasteiger charge is 2.32. The van der Waals surface area contributed by atoms with E-state index in [1.807, 2.05) is 12.1 Å². The molecule has 0 saturated heterocycles. The average Bonchev–Trinajstić information content (AvgIpc) is 2.95. The minimum absolute atomic E-state index is 0.0158. The van der Waals surface area contributed by atoms with Crippen LogP contribution in [0, 0.1) is 11.8 Å². The van der Waals surface area contributed by atoms with Crippen LogP contribution in [0.3, 0.4) is 0 Å². The molecule has 0 aliphatic rings. The number of hydrogen-bond acceptors (Lipinski definition) is 2. The Kier molecular flexibility index (Phi) is 11.0. The summed E-state index contributed by atoms with van der Waals surface area (Å²) in [6.07, 6.45) is 1.80. The lowest BCUT2D eigenvalue weighted by Crippen LogP contribution is -2.38. The van der Waals surface area contributed by atoms with E-state index < -0.39 is 29.7 Å². The maximum absolute atomic E-state index is 13.0. The minimum atomic E-state index is -4.49. The SMILES string of the molecule is CCCCCCc1ccc(C#Cc2ccc(CN(C(=O)C(=O)O)C(CC)c3ccc(C(F)(F)F)cc3)cc2)cc1. The Bertz CT molecular complexity index is 1320. The largest absolute Gasteiger partial charge is 0.474 e. The third-order valence-electron chi connectivity index (χ3n) is 6.76. The molecule has 0 bridgehead atoms. The zero-order chi connectivity index (χ0) is 29.1. The lowest BCUT2D eigenvalue weighted by molar-refractivity contribution is -0.157. The summed E-state index contributed by atoms with van der Waals surface area (Å²) in [4.78, 5) is 25.4. The predicted octanol–water partition coefficient (Wildman–Crippen LogP) is 7.79. The second-order valence-electron chi connectivity index (χ2n) is 9.74. The number of carboxylic acid groups (broad SMARTS) is 1. The van der Waals surface area contributed by atoms with Crippen LogP contribution < -0.4 is 0 Å². The number of rotatable bonds is 10. The second-order valence-corrected chi connectivity index (χ2v) is 9.74. The number of aliphatic carboxylic acids is 1. The molecule has 1 unspecified atom stereocenters. The molecule has 7 heteroatoms. The van der Waals surface area contributed by atoms with E-state index in [1.54, 1.807) is 31.2 Å². The van der Waals surface area contributed by atoms with Crippen molar-refractivity contribution in [3.8, 4) is 11.8 Å². The van der Waals surface area contributed by atoms with E-state index in [4.69, 9.17) is 0 Å². The number of benzene rings is 3. The molecule has 1 N–H and O–H groups in total. The molecule has 0 aliphatic heterocycles. The van der Waals surface area contributed by atoms with Gasteiger partial charge in [0.05, 0.1) is 11.6 Å². The number of nitrogens with zero attached hydrogens (tertiary/aromatic N) is 1. The van der Waals surface area contributed by atoms with Gasteiger partial charge in [-0.15, -0.1) is 0 Å². The van der Waals surface area contributed by atoms with Gasteiger partial charge in [0.15, 0.2) is 0 Å². The van der Waals surface area contributed by atoms with Crippen LogP contribution in [-0.2, 0) is 28.7 Å². The molecule has 1 amide bonds. The Morgan fingerprint density at radius 1 is 0.800 bits per heavy atom. The molecule has 0 saturated carbocycles. The maximum Gasteiger partial charge on any atom is 0.416 e. The van der Waals surface area contributed by atoms with Crippen LogP contribution in [0.1, 0.15) is 85.4 Å². The fourth-order valence-corrected chi connectivity index (χ4v) is 4.52. The third kappa shape index (κ3) is 8.74. The van der Waals surface area contributed by atoms with Crippen molar-refractivity contribution in [3.05, 3.63) is 106 Å². The Balaban J connectivity index is 1.72. The number of unbranched alkanes of at least 4 members (excludes halogenated alkanes) is 3. The van der Waals surface area contributed by atoms with Gasteiger partial charge in [0.25, 0.3) is 0 Å². The topological polar surface area (TPSA) is 57.6 Å². The number of hydrogen-bond donors (Lipinski definition) is 1. The molecule has 0 spiro atoms. The van der Waals surface area contributed by atoms with Gasteiger partial charge in [-0.3, -0.25) is 4.79 Å². The number of alkyl halides is 3. The predicted molar refractivity (Wildman–Crippen MR) is 149 cm³/mol. The molecule has 3 rings (SSSR count). The summed E-state index contributed by atoms with van der Waals surface area (Å²) in [7, 11) is 0. The van der Waals surface area contributed by atoms with E-state index >= 15 is 0 Å². The smallest absolute Gasteiger partial charge is 0.416 e. The van der Waals surface area contributed by atoms with Crippen LogP contribution in [0.5, 0.6) is 0 Å². The van der Waals surface area contributed by atoms with E-state index in [0.29, 0.717) is 17.5 Å². The lowest BCUT2D eigenvalue weighted by Gasteiger charge is -2.30. The highest BCUT2D eigenvalue weighted by molar-refractivity contribution is 6.31.